The molecule has 0 aliphatic heterocycles. The van der Waals surface area contributed by atoms with Gasteiger partial charge in [-0.2, -0.15) is 13.2 Å². The molecular formula is C25H29F4NO2. The van der Waals surface area contributed by atoms with Crippen molar-refractivity contribution in [1.82, 2.24) is 4.57 Å². The minimum Gasteiger partial charge on any atom is -0.379 e. The fraction of sp³-hybridized carbons (Fsp3) is 0.400. The molecule has 0 fully saturated rings. The van der Waals surface area contributed by atoms with Crippen LogP contribution in [-0.2, 0) is 12.0 Å². The quantitative estimate of drug-likeness (QED) is 0.474. The third kappa shape index (κ3) is 5.21. The van der Waals surface area contributed by atoms with Gasteiger partial charge >= 0.3 is 6.18 Å². The van der Waals surface area contributed by atoms with Crippen LogP contribution in [0, 0.1) is 12.7 Å². The largest absolute Gasteiger partial charge is 0.418 e. The van der Waals surface area contributed by atoms with Crippen LogP contribution in [0.15, 0.2) is 59.5 Å². The number of aryl methyl sites for hydroxylation is 1. The molecule has 0 spiro atoms. The number of aliphatic hydroxyl groups is 1. The molecule has 0 aliphatic carbocycles. The molecule has 174 valence electrons. The van der Waals surface area contributed by atoms with E-state index >= 15 is 0 Å². The van der Waals surface area contributed by atoms with Crippen molar-refractivity contribution < 1.29 is 22.7 Å². The summed E-state index contributed by atoms with van der Waals surface area (Å²) in [6, 6.07) is 11.4. The summed E-state index contributed by atoms with van der Waals surface area (Å²) in [7, 11) is 0. The van der Waals surface area contributed by atoms with Crippen molar-refractivity contribution in [3.63, 3.8) is 0 Å². The molecule has 1 N–H and O–H groups in total. The predicted molar refractivity (Wildman–Crippen MR) is 119 cm³/mol. The summed E-state index contributed by atoms with van der Waals surface area (Å²) in [4.78, 5) is 12.0. The Bertz CT molecular complexity index is 1130. The second-order valence-electron chi connectivity index (χ2n) is 8.37. The van der Waals surface area contributed by atoms with Crippen LogP contribution in [0.5, 0.6) is 0 Å². The molecular weight excluding hydrogens is 422 g/mol. The first-order valence-electron chi connectivity index (χ1n) is 10.5. The molecule has 2 aromatic carbocycles. The monoisotopic (exact) mass is 451 g/mol. The van der Waals surface area contributed by atoms with Gasteiger partial charge in [0.25, 0.3) is 0 Å². The normalized spacial score (nSPS) is 13.9. The van der Waals surface area contributed by atoms with Crippen molar-refractivity contribution in [3.8, 4) is 0 Å². The van der Waals surface area contributed by atoms with Gasteiger partial charge in [0, 0.05) is 17.6 Å². The van der Waals surface area contributed by atoms with Crippen LogP contribution in [0.3, 0.4) is 0 Å². The zero-order chi connectivity index (χ0) is 24.3. The first kappa shape index (κ1) is 25.6. The number of rotatable bonds is 5. The summed E-state index contributed by atoms with van der Waals surface area (Å²) in [5.74, 6) is -0.474. The number of aromatic nitrogens is 1. The van der Waals surface area contributed by atoms with Gasteiger partial charge in [0.15, 0.2) is 11.0 Å². The smallest absolute Gasteiger partial charge is 0.379 e. The van der Waals surface area contributed by atoms with Crippen LogP contribution in [0.4, 0.5) is 17.6 Å². The molecule has 0 aliphatic rings. The van der Waals surface area contributed by atoms with Gasteiger partial charge in [0.05, 0.1) is 12.1 Å². The van der Waals surface area contributed by atoms with E-state index in [9.17, 15) is 27.5 Å². The van der Waals surface area contributed by atoms with Crippen molar-refractivity contribution in [3.05, 3.63) is 81.9 Å². The van der Waals surface area contributed by atoms with E-state index < -0.39 is 36.0 Å². The van der Waals surface area contributed by atoms with E-state index in [0.717, 1.165) is 0 Å². The Morgan fingerprint density at radius 3 is 2.22 bits per heavy atom. The van der Waals surface area contributed by atoms with Crippen molar-refractivity contribution in [2.75, 3.05) is 0 Å². The van der Waals surface area contributed by atoms with Crippen molar-refractivity contribution in [2.45, 2.75) is 64.8 Å². The van der Waals surface area contributed by atoms with Crippen LogP contribution in [0.1, 0.15) is 45.2 Å². The maximum absolute atomic E-state index is 14.1. The lowest BCUT2D eigenvalue weighted by Crippen LogP contribution is -2.52. The maximum Gasteiger partial charge on any atom is 0.418 e. The van der Waals surface area contributed by atoms with Gasteiger partial charge in [-0.3, -0.25) is 4.79 Å². The molecule has 1 aromatic heterocycles. The fourth-order valence-electron chi connectivity index (χ4n) is 4.14. The van der Waals surface area contributed by atoms with Gasteiger partial charge in [0.2, 0.25) is 0 Å². The average Bonchev–Trinajstić information content (AvgIpc) is 2.70. The minimum atomic E-state index is -4.93. The number of pyridine rings is 1. The summed E-state index contributed by atoms with van der Waals surface area (Å²) in [5.41, 5.74) is -3.13. The number of nitrogens with zero attached hydrogens (tertiary/aromatic N) is 1. The van der Waals surface area contributed by atoms with Gasteiger partial charge in [-0.05, 0) is 54.2 Å². The predicted octanol–water partition coefficient (Wildman–Crippen LogP) is 6.14. The summed E-state index contributed by atoms with van der Waals surface area (Å²) >= 11 is 0. The molecule has 7 heteroatoms. The van der Waals surface area contributed by atoms with E-state index in [1.165, 1.54) is 41.1 Å². The van der Waals surface area contributed by atoms with Crippen molar-refractivity contribution in [2.24, 2.45) is 0 Å². The highest BCUT2D eigenvalue weighted by molar-refractivity contribution is 5.78. The first-order valence-corrected chi connectivity index (χ1v) is 10.5. The zero-order valence-corrected chi connectivity index (χ0v) is 18.9. The van der Waals surface area contributed by atoms with Crippen molar-refractivity contribution >= 4 is 10.9 Å². The highest BCUT2D eigenvalue weighted by Crippen LogP contribution is 2.43. The molecule has 0 amide bonds. The molecule has 1 atom stereocenters. The first-order chi connectivity index (χ1) is 14.8. The third-order valence-corrected chi connectivity index (χ3v) is 5.50. The second-order valence-corrected chi connectivity index (χ2v) is 8.37. The van der Waals surface area contributed by atoms with Crippen LogP contribution in [0.25, 0.3) is 10.9 Å². The summed E-state index contributed by atoms with van der Waals surface area (Å²) in [5, 5.41) is 11.2. The Kier molecular flexibility index (Phi) is 7.55. The SMILES string of the molecule is CC.Cc1cc(F)ccc1C(C)(C)CC(O)(Cn1ccc(=O)c2ccccc21)C(F)(F)F. The molecule has 0 bridgehead atoms. The Balaban J connectivity index is 0.00000176. The van der Waals surface area contributed by atoms with Crippen LogP contribution in [-0.4, -0.2) is 21.5 Å². The Hall–Kier alpha value is -2.67. The van der Waals surface area contributed by atoms with E-state index in [-0.39, 0.29) is 10.8 Å². The van der Waals surface area contributed by atoms with E-state index in [4.69, 9.17) is 0 Å². The number of benzene rings is 2. The van der Waals surface area contributed by atoms with E-state index in [1.54, 1.807) is 39.0 Å². The standard InChI is InChI=1S/C23H23F4NO2.C2H6/c1-15-12-16(24)8-9-18(15)21(2,3)13-22(30,23(25,26)27)14-28-11-10-20(29)17-6-4-5-7-19(17)28;1-2/h4-12,30H,13-14H2,1-3H3;1-2H3. The molecule has 1 unspecified atom stereocenters. The van der Waals surface area contributed by atoms with Crippen LogP contribution < -0.4 is 5.43 Å². The van der Waals surface area contributed by atoms with E-state index in [2.05, 4.69) is 0 Å². The van der Waals surface area contributed by atoms with Gasteiger partial charge in [0.1, 0.15) is 5.82 Å². The molecule has 32 heavy (non-hydrogen) atoms. The van der Waals surface area contributed by atoms with E-state index in [0.29, 0.717) is 16.6 Å². The fourth-order valence-corrected chi connectivity index (χ4v) is 4.14. The number of halogens is 4. The second kappa shape index (κ2) is 9.45. The topological polar surface area (TPSA) is 42.2 Å². The van der Waals surface area contributed by atoms with Crippen LogP contribution in [0.2, 0.25) is 0 Å². The molecule has 3 aromatic rings. The van der Waals surface area contributed by atoms with Gasteiger partial charge in [-0.25, -0.2) is 4.39 Å². The number of para-hydroxylation sites is 1. The average molecular weight is 452 g/mol. The third-order valence-electron chi connectivity index (χ3n) is 5.50. The number of hydrogen-bond donors (Lipinski definition) is 1. The van der Waals surface area contributed by atoms with Crippen LogP contribution >= 0.6 is 0 Å². The Labute approximate surface area is 185 Å². The molecule has 0 radical (unpaired) electrons. The lowest BCUT2D eigenvalue weighted by molar-refractivity contribution is -0.271. The lowest BCUT2D eigenvalue weighted by atomic mass is 9.73. The van der Waals surface area contributed by atoms with Gasteiger partial charge < -0.3 is 9.67 Å². The number of alkyl halides is 3. The summed E-state index contributed by atoms with van der Waals surface area (Å²) in [6.07, 6.45) is -4.31. The molecule has 3 nitrogen and oxygen atoms in total. The van der Waals surface area contributed by atoms with Gasteiger partial charge in [-0.1, -0.05) is 45.9 Å². The molecule has 3 rings (SSSR count). The summed E-state index contributed by atoms with van der Waals surface area (Å²) in [6.45, 7) is 8.03. The molecule has 1 heterocycles. The highest BCUT2D eigenvalue weighted by atomic mass is 19.4. The van der Waals surface area contributed by atoms with Crippen molar-refractivity contribution in [1.29, 1.82) is 0 Å². The molecule has 0 saturated heterocycles. The molecule has 0 saturated carbocycles. The number of fused-ring (bicyclic) bond motifs is 1. The Morgan fingerprint density at radius 2 is 1.62 bits per heavy atom. The maximum atomic E-state index is 14.1. The lowest BCUT2D eigenvalue weighted by Gasteiger charge is -2.39. The Morgan fingerprint density at radius 1 is 1.00 bits per heavy atom. The zero-order valence-electron chi connectivity index (χ0n) is 18.9. The van der Waals surface area contributed by atoms with Gasteiger partial charge in [-0.15, -0.1) is 0 Å². The highest BCUT2D eigenvalue weighted by Gasteiger charge is 2.56. The number of hydrogen-bond acceptors (Lipinski definition) is 2. The van der Waals surface area contributed by atoms with E-state index in [1.807, 2.05) is 13.8 Å². The summed E-state index contributed by atoms with van der Waals surface area (Å²) < 4.78 is 57.0. The minimum absolute atomic E-state index is 0.276.